The Hall–Kier alpha value is -1.18. The Morgan fingerprint density at radius 1 is 1.62 bits per heavy atom. The van der Waals surface area contributed by atoms with Crippen LogP contribution in [0.4, 0.5) is 0 Å². The summed E-state index contributed by atoms with van der Waals surface area (Å²) in [6.45, 7) is 2.08. The molecule has 0 aliphatic heterocycles. The van der Waals surface area contributed by atoms with Crippen LogP contribution in [0.5, 0.6) is 0 Å². The number of carbonyl (C=O) groups excluding carboxylic acids is 1. The summed E-state index contributed by atoms with van der Waals surface area (Å²) in [4.78, 5) is 15.9. The second-order valence-electron chi connectivity index (χ2n) is 3.70. The van der Waals surface area contributed by atoms with Gasteiger partial charge in [0.15, 0.2) is 5.78 Å². The van der Waals surface area contributed by atoms with Gasteiger partial charge in [-0.25, -0.2) is 0 Å². The van der Waals surface area contributed by atoms with Crippen LogP contribution in [0.15, 0.2) is 24.5 Å². The highest BCUT2D eigenvalue weighted by Crippen LogP contribution is 2.50. The maximum absolute atomic E-state index is 11.9. The van der Waals surface area contributed by atoms with Gasteiger partial charge in [0.1, 0.15) is 0 Å². The minimum atomic E-state index is -0.0248. The maximum Gasteiger partial charge on any atom is 0.170 e. The predicted molar refractivity (Wildman–Crippen MR) is 50.5 cm³/mol. The van der Waals surface area contributed by atoms with Gasteiger partial charge in [-0.1, -0.05) is 6.92 Å². The Morgan fingerprint density at radius 2 is 2.38 bits per heavy atom. The van der Waals surface area contributed by atoms with E-state index in [9.17, 15) is 4.79 Å². The smallest absolute Gasteiger partial charge is 0.170 e. The van der Waals surface area contributed by atoms with E-state index in [0.717, 1.165) is 24.8 Å². The van der Waals surface area contributed by atoms with Crippen molar-refractivity contribution in [2.24, 2.45) is 5.41 Å². The average Bonchev–Trinajstić information content (AvgIpc) is 2.99. The molecule has 0 bridgehead atoms. The van der Waals surface area contributed by atoms with E-state index in [2.05, 4.69) is 11.9 Å². The number of nitrogens with zero attached hydrogens (tertiary/aromatic N) is 1. The lowest BCUT2D eigenvalue weighted by molar-refractivity contribution is 0.0896. The molecule has 0 spiro atoms. The Morgan fingerprint density at radius 3 is 2.85 bits per heavy atom. The highest BCUT2D eigenvalue weighted by Gasteiger charge is 2.47. The van der Waals surface area contributed by atoms with E-state index >= 15 is 0 Å². The fourth-order valence-electron chi connectivity index (χ4n) is 1.70. The molecule has 1 saturated carbocycles. The lowest BCUT2D eigenvalue weighted by Crippen LogP contribution is -2.14. The van der Waals surface area contributed by atoms with Crippen LogP contribution < -0.4 is 0 Å². The molecule has 0 aromatic carbocycles. The number of ketones is 1. The first-order valence-electron chi connectivity index (χ1n) is 4.73. The first-order valence-corrected chi connectivity index (χ1v) is 4.73. The molecule has 1 aliphatic rings. The largest absolute Gasteiger partial charge is 0.293 e. The molecule has 0 N–H and O–H groups in total. The summed E-state index contributed by atoms with van der Waals surface area (Å²) in [6, 6.07) is 3.67. The van der Waals surface area contributed by atoms with Crippen molar-refractivity contribution in [1.29, 1.82) is 0 Å². The van der Waals surface area contributed by atoms with Crippen molar-refractivity contribution in [1.82, 2.24) is 4.98 Å². The molecule has 1 fully saturated rings. The third-order valence-corrected chi connectivity index (χ3v) is 2.94. The van der Waals surface area contributed by atoms with Crippen LogP contribution in [-0.4, -0.2) is 10.8 Å². The van der Waals surface area contributed by atoms with Gasteiger partial charge in [0.25, 0.3) is 0 Å². The summed E-state index contributed by atoms with van der Waals surface area (Å²) in [7, 11) is 0. The van der Waals surface area contributed by atoms with Crippen LogP contribution in [0.25, 0.3) is 0 Å². The van der Waals surface area contributed by atoms with Gasteiger partial charge in [-0.15, -0.1) is 0 Å². The Kier molecular flexibility index (Phi) is 1.91. The first kappa shape index (κ1) is 8.42. The molecule has 1 aliphatic carbocycles. The summed E-state index contributed by atoms with van der Waals surface area (Å²) in [5, 5.41) is 0. The zero-order valence-corrected chi connectivity index (χ0v) is 7.79. The highest BCUT2D eigenvalue weighted by molar-refractivity contribution is 6.01. The molecule has 0 radical (unpaired) electrons. The Labute approximate surface area is 78.0 Å². The predicted octanol–water partition coefficient (Wildman–Crippen LogP) is 2.45. The van der Waals surface area contributed by atoms with E-state index in [0.29, 0.717) is 0 Å². The highest BCUT2D eigenvalue weighted by atomic mass is 16.1. The van der Waals surface area contributed by atoms with Gasteiger partial charge in [0, 0.05) is 23.4 Å². The topological polar surface area (TPSA) is 30.0 Å². The normalized spacial score (nSPS) is 18.2. The molecule has 2 heteroatoms. The molecular formula is C11H13NO. The number of rotatable bonds is 3. The van der Waals surface area contributed by atoms with Gasteiger partial charge in [0.05, 0.1) is 0 Å². The molecule has 0 saturated heterocycles. The Bertz CT molecular complexity index is 314. The van der Waals surface area contributed by atoms with Crippen LogP contribution in [0, 0.1) is 5.41 Å². The second kappa shape index (κ2) is 2.95. The minimum absolute atomic E-state index is 0.0248. The molecule has 1 aromatic heterocycles. The SMILES string of the molecule is CCC1(C(=O)c2cccnc2)CC1. The molecule has 13 heavy (non-hydrogen) atoms. The third-order valence-electron chi connectivity index (χ3n) is 2.94. The van der Waals surface area contributed by atoms with Crippen LogP contribution >= 0.6 is 0 Å². The van der Waals surface area contributed by atoms with Gasteiger partial charge in [-0.3, -0.25) is 9.78 Å². The van der Waals surface area contributed by atoms with Gasteiger partial charge in [-0.05, 0) is 31.4 Å². The molecule has 0 unspecified atom stereocenters. The van der Waals surface area contributed by atoms with Crippen LogP contribution in [-0.2, 0) is 0 Å². The van der Waals surface area contributed by atoms with Crippen molar-refractivity contribution in [3.05, 3.63) is 30.1 Å². The zero-order valence-electron chi connectivity index (χ0n) is 7.79. The fraction of sp³-hybridized carbons (Fsp3) is 0.455. The van der Waals surface area contributed by atoms with Gasteiger partial charge in [-0.2, -0.15) is 0 Å². The first-order chi connectivity index (χ1) is 6.28. The summed E-state index contributed by atoms with van der Waals surface area (Å²) < 4.78 is 0. The molecule has 2 nitrogen and oxygen atoms in total. The van der Waals surface area contributed by atoms with E-state index in [1.165, 1.54) is 0 Å². The summed E-state index contributed by atoms with van der Waals surface area (Å²) in [6.07, 6.45) is 6.43. The molecule has 1 aromatic rings. The minimum Gasteiger partial charge on any atom is -0.293 e. The van der Waals surface area contributed by atoms with E-state index < -0.39 is 0 Å². The van der Waals surface area contributed by atoms with Crippen molar-refractivity contribution in [3.63, 3.8) is 0 Å². The summed E-state index contributed by atoms with van der Waals surface area (Å²) >= 11 is 0. The van der Waals surface area contributed by atoms with Gasteiger partial charge < -0.3 is 0 Å². The van der Waals surface area contributed by atoms with Crippen LogP contribution in [0.1, 0.15) is 36.5 Å². The number of carbonyl (C=O) groups is 1. The standard InChI is InChI=1S/C11H13NO/c1-2-11(5-6-11)10(13)9-4-3-7-12-8-9/h3-4,7-8H,2,5-6H2,1H3. The van der Waals surface area contributed by atoms with Crippen molar-refractivity contribution >= 4 is 5.78 Å². The lowest BCUT2D eigenvalue weighted by Gasteiger charge is -2.09. The van der Waals surface area contributed by atoms with Crippen molar-refractivity contribution in [2.45, 2.75) is 26.2 Å². The number of hydrogen-bond donors (Lipinski definition) is 0. The van der Waals surface area contributed by atoms with Crippen molar-refractivity contribution in [2.75, 3.05) is 0 Å². The molecule has 1 heterocycles. The Balaban J connectivity index is 2.24. The quantitative estimate of drug-likeness (QED) is 0.660. The van der Waals surface area contributed by atoms with E-state index in [4.69, 9.17) is 0 Å². The monoisotopic (exact) mass is 175 g/mol. The maximum atomic E-state index is 11.9. The molecule has 0 atom stereocenters. The van der Waals surface area contributed by atoms with E-state index in [-0.39, 0.29) is 11.2 Å². The lowest BCUT2D eigenvalue weighted by atomic mass is 9.93. The fourth-order valence-corrected chi connectivity index (χ4v) is 1.70. The molecule has 68 valence electrons. The van der Waals surface area contributed by atoms with Gasteiger partial charge >= 0.3 is 0 Å². The summed E-state index contributed by atoms with van der Waals surface area (Å²) in [5.74, 6) is 0.281. The third kappa shape index (κ3) is 1.37. The van der Waals surface area contributed by atoms with E-state index in [1.54, 1.807) is 12.4 Å². The van der Waals surface area contributed by atoms with Crippen LogP contribution in [0.2, 0.25) is 0 Å². The van der Waals surface area contributed by atoms with Crippen molar-refractivity contribution in [3.8, 4) is 0 Å². The van der Waals surface area contributed by atoms with Crippen LogP contribution in [0.3, 0.4) is 0 Å². The zero-order chi connectivity index (χ0) is 9.31. The molecule has 0 amide bonds. The van der Waals surface area contributed by atoms with Gasteiger partial charge in [0.2, 0.25) is 0 Å². The average molecular weight is 175 g/mol. The number of aromatic nitrogens is 1. The molecule has 2 rings (SSSR count). The van der Waals surface area contributed by atoms with Crippen molar-refractivity contribution < 1.29 is 4.79 Å². The summed E-state index contributed by atoms with van der Waals surface area (Å²) in [5.41, 5.74) is 0.741. The van der Waals surface area contributed by atoms with E-state index in [1.807, 2.05) is 12.1 Å². The second-order valence-corrected chi connectivity index (χ2v) is 3.70. The number of Topliss-reactive ketones (excluding diaryl/α,β-unsaturated/α-hetero) is 1. The number of pyridine rings is 1. The molecular weight excluding hydrogens is 162 g/mol. The number of hydrogen-bond acceptors (Lipinski definition) is 2.